The minimum atomic E-state index is -4.76. The Kier molecular flexibility index (Phi) is 5.97. The summed E-state index contributed by atoms with van der Waals surface area (Å²) in [5.74, 6) is 0. The number of hydrogen-bond acceptors (Lipinski definition) is 9. The maximum absolute atomic E-state index is 12.8. The van der Waals surface area contributed by atoms with Gasteiger partial charge in [0.15, 0.2) is 0 Å². The summed E-state index contributed by atoms with van der Waals surface area (Å²) in [4.78, 5) is 19.7. The number of nitro benzene ring substituents is 2. The molecule has 0 spiro atoms. The van der Waals surface area contributed by atoms with Gasteiger partial charge in [0.05, 0.1) is 27.4 Å². The second-order valence-corrected chi connectivity index (χ2v) is 6.33. The molecule has 0 unspecified atom stereocenters. The first-order valence-electron chi connectivity index (χ1n) is 7.17. The van der Waals surface area contributed by atoms with E-state index in [0.717, 1.165) is 30.3 Å². The summed E-state index contributed by atoms with van der Waals surface area (Å²) in [5.41, 5.74) is 1.96. The van der Waals surface area contributed by atoms with Crippen LogP contribution in [-0.4, -0.2) is 31.0 Å². The van der Waals surface area contributed by atoms with Gasteiger partial charge in [0.1, 0.15) is 5.69 Å². The Balaban J connectivity index is 1.96. The maximum Gasteiger partial charge on any atom is 0.332 e. The van der Waals surface area contributed by atoms with Crippen LogP contribution in [-0.2, 0) is 10.2 Å². The van der Waals surface area contributed by atoms with Crippen LogP contribution < -0.4 is 10.7 Å². The molecule has 142 valence electrons. The van der Waals surface area contributed by atoms with E-state index in [2.05, 4.69) is 15.8 Å². The molecular weight excluding hydrogens is 385 g/mol. The molecule has 0 amide bonds. The van der Waals surface area contributed by atoms with Gasteiger partial charge in [-0.2, -0.15) is 13.5 Å². The number of non-ortho nitro benzene ring substituents is 1. The molecule has 2 aromatic rings. The predicted octanol–water partition coefficient (Wildman–Crippen LogP) is 2.67. The summed E-state index contributed by atoms with van der Waals surface area (Å²) in [6, 6.07) is 7.97. The zero-order valence-electron chi connectivity index (χ0n) is 13.4. The minimum Gasteiger partial charge on any atom is -0.380 e. The molecule has 0 fully saturated rings. The summed E-state index contributed by atoms with van der Waals surface area (Å²) in [7, 11) is -4.76. The lowest BCUT2D eigenvalue weighted by Gasteiger charge is -2.04. The minimum absolute atomic E-state index is 0.0284. The maximum atomic E-state index is 12.8. The molecule has 0 aliphatic heterocycles. The largest absolute Gasteiger partial charge is 0.380 e. The first-order valence-corrected chi connectivity index (χ1v) is 8.56. The van der Waals surface area contributed by atoms with Crippen LogP contribution in [0.2, 0.25) is 0 Å². The van der Waals surface area contributed by atoms with E-state index < -0.39 is 36.3 Å². The second-order valence-electron chi connectivity index (χ2n) is 4.98. The van der Waals surface area contributed by atoms with Crippen molar-refractivity contribution < 1.29 is 22.2 Å². The van der Waals surface area contributed by atoms with Gasteiger partial charge in [-0.1, -0.05) is 0 Å². The molecule has 0 heterocycles. The first kappa shape index (κ1) is 19.7. The van der Waals surface area contributed by atoms with Crippen LogP contribution >= 0.6 is 0 Å². The van der Waals surface area contributed by atoms with Crippen LogP contribution in [0.15, 0.2) is 52.5 Å². The highest BCUT2D eigenvalue weighted by molar-refractivity contribution is 7.86. The lowest BCUT2D eigenvalue weighted by Crippen LogP contribution is -2.05. The van der Waals surface area contributed by atoms with E-state index >= 15 is 0 Å². The summed E-state index contributed by atoms with van der Waals surface area (Å²) >= 11 is 0. The fraction of sp³-hybridized carbons (Fsp3) is 0.0714. The Bertz CT molecular complexity index is 994. The topological polar surface area (TPSA) is 157 Å². The predicted molar refractivity (Wildman–Crippen MR) is 95.1 cm³/mol. The standard InChI is InChI=1S/C14H12FN5O6S/c15-27(25,26)12-4-1-10(2-5-12)16-7-8-17-18-13-6-3-11(19(21)22)9-14(13)20(23)24/h1-6,8-9,16,18H,7H2. The molecule has 27 heavy (non-hydrogen) atoms. The van der Waals surface area contributed by atoms with Crippen molar-refractivity contribution in [3.63, 3.8) is 0 Å². The van der Waals surface area contributed by atoms with Crippen LogP contribution in [0.25, 0.3) is 0 Å². The van der Waals surface area contributed by atoms with Crippen LogP contribution in [0.4, 0.5) is 26.6 Å². The quantitative estimate of drug-likeness (QED) is 0.298. The number of hydrogen-bond donors (Lipinski definition) is 2. The third-order valence-corrected chi connectivity index (χ3v) is 4.03. The molecule has 0 aliphatic rings. The lowest BCUT2D eigenvalue weighted by molar-refractivity contribution is -0.393. The molecule has 2 N–H and O–H groups in total. The molecule has 0 atom stereocenters. The summed E-state index contributed by atoms with van der Waals surface area (Å²) < 4.78 is 34.2. The number of halogens is 1. The molecule has 0 saturated heterocycles. The van der Waals surface area contributed by atoms with E-state index in [-0.39, 0.29) is 12.2 Å². The molecule has 0 bridgehead atoms. The summed E-state index contributed by atoms with van der Waals surface area (Å²) in [5, 5.41) is 28.2. The van der Waals surface area contributed by atoms with Gasteiger partial charge < -0.3 is 5.32 Å². The Morgan fingerprint density at radius 2 is 1.74 bits per heavy atom. The highest BCUT2D eigenvalue weighted by Crippen LogP contribution is 2.28. The van der Waals surface area contributed by atoms with Gasteiger partial charge >= 0.3 is 15.9 Å². The molecule has 0 aromatic heterocycles. The first-order chi connectivity index (χ1) is 12.7. The van der Waals surface area contributed by atoms with Crippen molar-refractivity contribution in [3.8, 4) is 0 Å². The molecule has 2 aromatic carbocycles. The van der Waals surface area contributed by atoms with Crippen LogP contribution in [0.3, 0.4) is 0 Å². The third kappa shape index (κ3) is 5.43. The molecule has 2 rings (SSSR count). The fourth-order valence-corrected chi connectivity index (χ4v) is 2.40. The summed E-state index contributed by atoms with van der Waals surface area (Å²) in [6.45, 7) is 0.162. The highest BCUT2D eigenvalue weighted by atomic mass is 32.3. The fourth-order valence-electron chi connectivity index (χ4n) is 1.94. The van der Waals surface area contributed by atoms with Gasteiger partial charge in [-0.25, -0.2) is 0 Å². The van der Waals surface area contributed by atoms with E-state index in [1.165, 1.54) is 18.3 Å². The molecular formula is C14H12FN5O6S. The van der Waals surface area contributed by atoms with Gasteiger partial charge in [-0.3, -0.25) is 25.7 Å². The zero-order chi connectivity index (χ0) is 20.0. The van der Waals surface area contributed by atoms with Crippen molar-refractivity contribution in [1.29, 1.82) is 0 Å². The van der Waals surface area contributed by atoms with Crippen molar-refractivity contribution in [3.05, 3.63) is 62.7 Å². The van der Waals surface area contributed by atoms with Crippen molar-refractivity contribution in [1.82, 2.24) is 0 Å². The number of benzene rings is 2. The zero-order valence-corrected chi connectivity index (χ0v) is 14.2. The van der Waals surface area contributed by atoms with E-state index in [1.54, 1.807) is 0 Å². The van der Waals surface area contributed by atoms with Crippen molar-refractivity contribution in [2.75, 3.05) is 17.3 Å². The Morgan fingerprint density at radius 1 is 1.07 bits per heavy atom. The number of hydrazone groups is 1. The molecule has 13 heteroatoms. The van der Waals surface area contributed by atoms with Crippen molar-refractivity contribution >= 4 is 39.2 Å². The Morgan fingerprint density at radius 3 is 2.30 bits per heavy atom. The molecule has 0 aliphatic carbocycles. The molecule has 0 saturated carbocycles. The SMILES string of the molecule is O=[N+]([O-])c1ccc(NN=CCNc2ccc(S(=O)(=O)F)cc2)c([N+](=O)[O-])c1. The number of nitrogens with zero attached hydrogens (tertiary/aromatic N) is 3. The average Bonchev–Trinajstić information content (AvgIpc) is 2.61. The van der Waals surface area contributed by atoms with E-state index in [1.807, 2.05) is 0 Å². The van der Waals surface area contributed by atoms with Crippen molar-refractivity contribution in [2.45, 2.75) is 4.90 Å². The van der Waals surface area contributed by atoms with E-state index in [4.69, 9.17) is 0 Å². The number of nitrogens with one attached hydrogen (secondary N) is 2. The number of nitro groups is 2. The van der Waals surface area contributed by atoms with E-state index in [9.17, 15) is 32.5 Å². The summed E-state index contributed by atoms with van der Waals surface area (Å²) in [6.07, 6.45) is 1.32. The van der Waals surface area contributed by atoms with Gasteiger partial charge in [-0.15, -0.1) is 3.89 Å². The normalized spacial score (nSPS) is 11.3. The lowest BCUT2D eigenvalue weighted by atomic mass is 10.2. The van der Waals surface area contributed by atoms with Gasteiger partial charge in [0.25, 0.3) is 5.69 Å². The van der Waals surface area contributed by atoms with Crippen LogP contribution in [0, 0.1) is 20.2 Å². The van der Waals surface area contributed by atoms with Crippen LogP contribution in [0.1, 0.15) is 0 Å². The Hall–Kier alpha value is -3.61. The average molecular weight is 397 g/mol. The van der Waals surface area contributed by atoms with E-state index in [0.29, 0.717) is 5.69 Å². The van der Waals surface area contributed by atoms with Gasteiger partial charge in [-0.05, 0) is 30.3 Å². The number of anilines is 2. The Labute approximate surface area is 152 Å². The smallest absolute Gasteiger partial charge is 0.332 e. The van der Waals surface area contributed by atoms with Crippen LogP contribution in [0.5, 0.6) is 0 Å². The number of rotatable bonds is 8. The second kappa shape index (κ2) is 8.18. The highest BCUT2D eigenvalue weighted by Gasteiger charge is 2.19. The monoisotopic (exact) mass is 397 g/mol. The van der Waals surface area contributed by atoms with Crippen molar-refractivity contribution in [2.24, 2.45) is 5.10 Å². The van der Waals surface area contributed by atoms with Gasteiger partial charge in [0.2, 0.25) is 0 Å². The molecule has 11 nitrogen and oxygen atoms in total. The third-order valence-electron chi connectivity index (χ3n) is 3.20. The van der Waals surface area contributed by atoms with Gasteiger partial charge in [0, 0.05) is 18.0 Å². The molecule has 0 radical (unpaired) electrons.